The maximum Gasteiger partial charge on any atom is 0.310 e. The molecule has 4 heteroatoms. The van der Waals surface area contributed by atoms with Gasteiger partial charge < -0.3 is 5.11 Å². The van der Waals surface area contributed by atoms with E-state index in [0.29, 0.717) is 19.4 Å². The van der Waals surface area contributed by atoms with Crippen LogP contribution in [0.25, 0.3) is 33.6 Å². The molecule has 0 aliphatic carbocycles. The van der Waals surface area contributed by atoms with Crippen molar-refractivity contribution in [2.75, 3.05) is 0 Å². The average Bonchev–Trinajstić information content (AvgIpc) is 3.32. The minimum absolute atomic E-state index is 0.536. The van der Waals surface area contributed by atoms with Crippen molar-refractivity contribution in [1.29, 1.82) is 0 Å². The Morgan fingerprint density at radius 1 is 0.694 bits per heavy atom. The number of aliphatic carboxylic acids is 1. The van der Waals surface area contributed by atoms with Crippen LogP contribution in [-0.2, 0) is 11.3 Å². The molecule has 4 aromatic carbocycles. The van der Waals surface area contributed by atoms with Gasteiger partial charge in [-0.2, -0.15) is 5.10 Å². The van der Waals surface area contributed by atoms with E-state index in [9.17, 15) is 9.90 Å². The fourth-order valence-corrected chi connectivity index (χ4v) is 4.75. The fourth-order valence-electron chi connectivity index (χ4n) is 4.75. The first-order chi connectivity index (χ1) is 17.7. The van der Waals surface area contributed by atoms with Gasteiger partial charge in [-0.05, 0) is 24.0 Å². The van der Waals surface area contributed by atoms with Gasteiger partial charge in [0, 0.05) is 23.2 Å². The molecule has 1 heterocycles. The molecule has 0 saturated heterocycles. The first-order valence-electron chi connectivity index (χ1n) is 12.3. The summed E-state index contributed by atoms with van der Waals surface area (Å²) in [5.41, 5.74) is 7.15. The molecule has 1 atom stereocenters. The second kappa shape index (κ2) is 10.9. The topological polar surface area (TPSA) is 55.1 Å². The number of carboxylic acid groups (broad SMARTS) is 1. The smallest absolute Gasteiger partial charge is 0.310 e. The normalized spacial score (nSPS) is 11.8. The Balaban J connectivity index is 1.57. The number of aryl methyl sites for hydroxylation is 1. The van der Waals surface area contributed by atoms with E-state index in [0.717, 1.165) is 39.2 Å². The number of nitrogens with zero attached hydrogens (tertiary/aromatic N) is 2. The summed E-state index contributed by atoms with van der Waals surface area (Å²) < 4.78 is 2.06. The van der Waals surface area contributed by atoms with Crippen molar-refractivity contribution >= 4 is 5.97 Å². The third-order valence-electron chi connectivity index (χ3n) is 6.47. The van der Waals surface area contributed by atoms with Crippen molar-refractivity contribution in [2.45, 2.75) is 25.3 Å². The van der Waals surface area contributed by atoms with Crippen molar-refractivity contribution in [3.63, 3.8) is 0 Å². The van der Waals surface area contributed by atoms with E-state index in [1.807, 2.05) is 84.9 Å². The quantitative estimate of drug-likeness (QED) is 0.241. The lowest BCUT2D eigenvalue weighted by molar-refractivity contribution is -0.139. The summed E-state index contributed by atoms with van der Waals surface area (Å²) in [6.45, 7) is 0.619. The van der Waals surface area contributed by atoms with Gasteiger partial charge in [-0.1, -0.05) is 121 Å². The number of hydrogen-bond acceptors (Lipinski definition) is 2. The Bertz CT molecular complexity index is 1410. The molecule has 5 aromatic rings. The Kier molecular flexibility index (Phi) is 7.04. The molecule has 1 unspecified atom stereocenters. The maximum atomic E-state index is 12.0. The third-order valence-corrected chi connectivity index (χ3v) is 6.47. The number of carbonyl (C=O) groups is 1. The van der Waals surface area contributed by atoms with Crippen molar-refractivity contribution in [3.8, 4) is 33.6 Å². The molecule has 0 spiro atoms. The van der Waals surface area contributed by atoms with Gasteiger partial charge in [0.2, 0.25) is 0 Å². The van der Waals surface area contributed by atoms with Gasteiger partial charge in [0.25, 0.3) is 0 Å². The second-order valence-corrected chi connectivity index (χ2v) is 8.84. The molecule has 0 aliphatic rings. The van der Waals surface area contributed by atoms with Crippen molar-refractivity contribution in [1.82, 2.24) is 9.78 Å². The highest BCUT2D eigenvalue weighted by Gasteiger charge is 2.23. The highest BCUT2D eigenvalue weighted by atomic mass is 16.4. The molecule has 1 aromatic heterocycles. The molecule has 0 saturated carbocycles. The minimum atomic E-state index is -0.792. The predicted octanol–water partition coefficient (Wildman–Crippen LogP) is 7.53. The first-order valence-corrected chi connectivity index (χ1v) is 12.3. The van der Waals surface area contributed by atoms with Crippen LogP contribution >= 0.6 is 0 Å². The van der Waals surface area contributed by atoms with Crippen molar-refractivity contribution in [3.05, 3.63) is 127 Å². The fraction of sp³-hybridized carbons (Fsp3) is 0.125. The number of carboxylic acids is 1. The van der Waals surface area contributed by atoms with Crippen molar-refractivity contribution < 1.29 is 9.90 Å². The summed E-state index contributed by atoms with van der Waals surface area (Å²) in [6, 6.07) is 40.4. The summed E-state index contributed by atoms with van der Waals surface area (Å²) in [5.74, 6) is -1.33. The molecule has 0 radical (unpaired) electrons. The Labute approximate surface area is 211 Å². The zero-order valence-corrected chi connectivity index (χ0v) is 20.0. The van der Waals surface area contributed by atoms with E-state index in [2.05, 4.69) is 41.1 Å². The van der Waals surface area contributed by atoms with Gasteiger partial charge >= 0.3 is 5.97 Å². The first kappa shape index (κ1) is 23.3. The Morgan fingerprint density at radius 2 is 1.19 bits per heavy atom. The van der Waals surface area contributed by atoms with Crippen LogP contribution in [-0.4, -0.2) is 20.9 Å². The molecule has 178 valence electrons. The van der Waals surface area contributed by atoms with Crippen LogP contribution in [0.3, 0.4) is 0 Å². The number of benzene rings is 4. The second-order valence-electron chi connectivity index (χ2n) is 8.84. The zero-order chi connectivity index (χ0) is 24.7. The number of hydrogen-bond donors (Lipinski definition) is 1. The molecule has 4 nitrogen and oxygen atoms in total. The van der Waals surface area contributed by atoms with E-state index >= 15 is 0 Å². The zero-order valence-electron chi connectivity index (χ0n) is 20.0. The lowest BCUT2D eigenvalue weighted by atomic mass is 9.94. The van der Waals surface area contributed by atoms with Gasteiger partial charge in [-0.25, -0.2) is 0 Å². The molecule has 36 heavy (non-hydrogen) atoms. The lowest BCUT2D eigenvalue weighted by Crippen LogP contribution is -2.13. The summed E-state index contributed by atoms with van der Waals surface area (Å²) in [7, 11) is 0. The highest BCUT2D eigenvalue weighted by Crippen LogP contribution is 2.40. The molecule has 5 rings (SSSR count). The predicted molar refractivity (Wildman–Crippen MR) is 145 cm³/mol. The maximum absolute atomic E-state index is 12.0. The molecule has 0 fully saturated rings. The minimum Gasteiger partial charge on any atom is -0.481 e. The standard InChI is InChI=1S/C32H28N2O2/c35-32(36)28(24-14-5-1-6-15-24)22-13-23-34-31(27-20-11-4-12-21-27)29(25-16-7-2-8-17-25)30(33-34)26-18-9-3-10-19-26/h1-12,14-21,28H,13,22-23H2,(H,35,36). The van der Waals surface area contributed by atoms with E-state index < -0.39 is 11.9 Å². The molecule has 0 amide bonds. The van der Waals surface area contributed by atoms with Crippen LogP contribution in [0.15, 0.2) is 121 Å². The van der Waals surface area contributed by atoms with Crippen LogP contribution < -0.4 is 0 Å². The van der Waals surface area contributed by atoms with E-state index in [-0.39, 0.29) is 0 Å². The van der Waals surface area contributed by atoms with Gasteiger partial charge in [0.15, 0.2) is 0 Å². The molecule has 0 aliphatic heterocycles. The lowest BCUT2D eigenvalue weighted by Gasteiger charge is -2.14. The molecule has 1 N–H and O–H groups in total. The Morgan fingerprint density at radius 3 is 1.75 bits per heavy atom. The highest BCUT2D eigenvalue weighted by molar-refractivity contribution is 5.91. The van der Waals surface area contributed by atoms with Crippen LogP contribution in [0, 0.1) is 0 Å². The monoisotopic (exact) mass is 472 g/mol. The van der Waals surface area contributed by atoms with E-state index in [1.54, 1.807) is 0 Å². The summed E-state index contributed by atoms with van der Waals surface area (Å²) in [5, 5.41) is 15.0. The van der Waals surface area contributed by atoms with Gasteiger partial charge in [-0.3, -0.25) is 9.48 Å². The number of aromatic nitrogens is 2. The average molecular weight is 473 g/mol. The van der Waals surface area contributed by atoms with E-state index in [1.165, 1.54) is 0 Å². The Hall–Kier alpha value is -4.44. The summed E-state index contributed by atoms with van der Waals surface area (Å²) in [4.78, 5) is 12.0. The van der Waals surface area contributed by atoms with Crippen LogP contribution in [0.5, 0.6) is 0 Å². The molecular weight excluding hydrogens is 444 g/mol. The van der Waals surface area contributed by atoms with Crippen molar-refractivity contribution in [2.24, 2.45) is 0 Å². The third kappa shape index (κ3) is 4.98. The van der Waals surface area contributed by atoms with Crippen LogP contribution in [0.4, 0.5) is 0 Å². The number of rotatable bonds is 9. The summed E-state index contributed by atoms with van der Waals surface area (Å²) >= 11 is 0. The molecule has 0 bridgehead atoms. The van der Waals surface area contributed by atoms with Crippen LogP contribution in [0.1, 0.15) is 24.3 Å². The van der Waals surface area contributed by atoms with Gasteiger partial charge in [-0.15, -0.1) is 0 Å². The summed E-state index contributed by atoms with van der Waals surface area (Å²) in [6.07, 6.45) is 1.23. The molecular formula is C32H28N2O2. The van der Waals surface area contributed by atoms with E-state index in [4.69, 9.17) is 5.10 Å². The van der Waals surface area contributed by atoms with Gasteiger partial charge in [0.1, 0.15) is 5.69 Å². The van der Waals surface area contributed by atoms with Gasteiger partial charge in [0.05, 0.1) is 11.6 Å². The largest absolute Gasteiger partial charge is 0.481 e. The van der Waals surface area contributed by atoms with Crippen LogP contribution in [0.2, 0.25) is 0 Å². The SMILES string of the molecule is O=C(O)C(CCCn1nc(-c2ccccc2)c(-c2ccccc2)c1-c1ccccc1)c1ccccc1.